The number of nitrogens with one attached hydrogen (secondary N) is 1. The van der Waals surface area contributed by atoms with Gasteiger partial charge in [-0.25, -0.2) is 8.42 Å². The maximum atomic E-state index is 12.8. The molecule has 2 aromatic carbocycles. The van der Waals surface area contributed by atoms with Crippen LogP contribution in [0, 0.1) is 6.92 Å². The summed E-state index contributed by atoms with van der Waals surface area (Å²) < 4.78 is 55.6. The van der Waals surface area contributed by atoms with Gasteiger partial charge in [-0.1, -0.05) is 18.2 Å². The molecule has 1 aliphatic heterocycles. The highest BCUT2D eigenvalue weighted by molar-refractivity contribution is 7.89. The molecule has 30 heavy (non-hydrogen) atoms. The molecule has 1 saturated heterocycles. The predicted octanol–water partition coefficient (Wildman–Crippen LogP) is 3.35. The smallest absolute Gasteiger partial charge is 0.387 e. The molecule has 0 unspecified atom stereocenters. The average Bonchev–Trinajstić information content (AvgIpc) is 3.25. The van der Waals surface area contributed by atoms with Crippen LogP contribution in [0.15, 0.2) is 47.4 Å². The van der Waals surface area contributed by atoms with Crippen LogP contribution in [0.4, 0.5) is 8.78 Å². The van der Waals surface area contributed by atoms with Crippen molar-refractivity contribution in [1.82, 2.24) is 9.62 Å². The van der Waals surface area contributed by atoms with E-state index in [1.165, 1.54) is 28.6 Å². The predicted molar refractivity (Wildman–Crippen MR) is 108 cm³/mol. The second-order valence-corrected chi connectivity index (χ2v) is 9.05. The molecule has 0 spiro atoms. The Bertz CT molecular complexity index is 989. The minimum absolute atomic E-state index is 0.0736. The van der Waals surface area contributed by atoms with Gasteiger partial charge in [-0.2, -0.15) is 13.1 Å². The number of rotatable bonds is 8. The molecule has 0 aliphatic carbocycles. The molecule has 2 aromatic rings. The first-order valence-electron chi connectivity index (χ1n) is 9.70. The molecule has 1 fully saturated rings. The molecule has 1 aliphatic rings. The second kappa shape index (κ2) is 9.53. The number of benzene rings is 2. The highest BCUT2D eigenvalue weighted by atomic mass is 32.2. The summed E-state index contributed by atoms with van der Waals surface area (Å²) in [5.74, 6) is -0.284. The normalized spacial score (nSPS) is 14.8. The van der Waals surface area contributed by atoms with E-state index in [9.17, 15) is 22.0 Å². The van der Waals surface area contributed by atoms with Gasteiger partial charge in [0.15, 0.2) is 0 Å². The van der Waals surface area contributed by atoms with Crippen molar-refractivity contribution in [1.29, 1.82) is 0 Å². The van der Waals surface area contributed by atoms with Crippen LogP contribution in [-0.2, 0) is 16.4 Å². The van der Waals surface area contributed by atoms with Crippen molar-refractivity contribution < 1.29 is 26.7 Å². The molecular formula is C21H24F2N2O4S. The highest BCUT2D eigenvalue weighted by Gasteiger charge is 2.28. The summed E-state index contributed by atoms with van der Waals surface area (Å²) >= 11 is 0. The number of alkyl halides is 2. The van der Waals surface area contributed by atoms with E-state index in [0.717, 1.165) is 18.4 Å². The molecule has 9 heteroatoms. The van der Waals surface area contributed by atoms with Gasteiger partial charge in [0.1, 0.15) is 5.75 Å². The lowest BCUT2D eigenvalue weighted by Gasteiger charge is -2.17. The zero-order chi connectivity index (χ0) is 21.7. The Hall–Kier alpha value is -2.52. The standard InChI is InChI=1S/C21H24F2N2O4S/c1-15-4-9-18(30(27,28)25-12-2-3-13-25)14-19(15)20(26)24-11-10-16-5-7-17(8-6-16)29-21(22)23/h4-9,14,21H,2-3,10-13H2,1H3,(H,24,26). The molecule has 1 amide bonds. The zero-order valence-electron chi connectivity index (χ0n) is 16.6. The van der Waals surface area contributed by atoms with Gasteiger partial charge in [0.2, 0.25) is 10.0 Å². The number of hydrogen-bond acceptors (Lipinski definition) is 4. The fourth-order valence-corrected chi connectivity index (χ4v) is 4.88. The quantitative estimate of drug-likeness (QED) is 0.686. The van der Waals surface area contributed by atoms with Crippen LogP contribution >= 0.6 is 0 Å². The molecule has 1 heterocycles. The Morgan fingerprint density at radius 2 is 1.80 bits per heavy atom. The third-order valence-electron chi connectivity index (χ3n) is 5.00. The van der Waals surface area contributed by atoms with Gasteiger partial charge in [-0.05, 0) is 61.6 Å². The van der Waals surface area contributed by atoms with Gasteiger partial charge in [0.05, 0.1) is 4.90 Å². The molecule has 3 rings (SSSR count). The van der Waals surface area contributed by atoms with Crippen LogP contribution in [0.2, 0.25) is 0 Å². The van der Waals surface area contributed by atoms with E-state index >= 15 is 0 Å². The SMILES string of the molecule is Cc1ccc(S(=O)(=O)N2CCCC2)cc1C(=O)NCCc1ccc(OC(F)F)cc1. The summed E-state index contributed by atoms with van der Waals surface area (Å²) in [6, 6.07) is 10.8. The van der Waals surface area contributed by atoms with Crippen molar-refractivity contribution in [2.24, 2.45) is 0 Å². The molecule has 6 nitrogen and oxygen atoms in total. The van der Waals surface area contributed by atoms with Crippen LogP contribution in [-0.4, -0.2) is 44.9 Å². The van der Waals surface area contributed by atoms with Crippen LogP contribution < -0.4 is 10.1 Å². The number of sulfonamides is 1. The fourth-order valence-electron chi connectivity index (χ4n) is 3.34. The Morgan fingerprint density at radius 1 is 1.13 bits per heavy atom. The first-order chi connectivity index (χ1) is 14.3. The zero-order valence-corrected chi connectivity index (χ0v) is 17.4. The monoisotopic (exact) mass is 438 g/mol. The maximum absolute atomic E-state index is 12.8. The molecular weight excluding hydrogens is 414 g/mol. The first kappa shape index (κ1) is 22.2. The second-order valence-electron chi connectivity index (χ2n) is 7.12. The fraction of sp³-hybridized carbons (Fsp3) is 0.381. The van der Waals surface area contributed by atoms with Crippen LogP contribution in [0.25, 0.3) is 0 Å². The van der Waals surface area contributed by atoms with Gasteiger partial charge in [0, 0.05) is 25.2 Å². The van der Waals surface area contributed by atoms with E-state index in [1.807, 2.05) is 0 Å². The molecule has 162 valence electrons. The third kappa shape index (κ3) is 5.34. The van der Waals surface area contributed by atoms with E-state index in [0.29, 0.717) is 37.2 Å². The number of hydrogen-bond donors (Lipinski definition) is 1. The lowest BCUT2D eigenvalue weighted by atomic mass is 10.1. The van der Waals surface area contributed by atoms with E-state index in [1.54, 1.807) is 25.1 Å². The lowest BCUT2D eigenvalue weighted by molar-refractivity contribution is -0.0498. The highest BCUT2D eigenvalue weighted by Crippen LogP contribution is 2.23. The van der Waals surface area contributed by atoms with Crippen LogP contribution in [0.5, 0.6) is 5.75 Å². The van der Waals surface area contributed by atoms with Gasteiger partial charge >= 0.3 is 6.61 Å². The van der Waals surface area contributed by atoms with Gasteiger partial charge in [0.25, 0.3) is 5.91 Å². The number of halogens is 2. The number of aryl methyl sites for hydroxylation is 1. The molecule has 0 radical (unpaired) electrons. The maximum Gasteiger partial charge on any atom is 0.387 e. The van der Waals surface area contributed by atoms with Crippen molar-refractivity contribution >= 4 is 15.9 Å². The topological polar surface area (TPSA) is 75.7 Å². The lowest BCUT2D eigenvalue weighted by Crippen LogP contribution is -2.29. The number of nitrogens with zero attached hydrogens (tertiary/aromatic N) is 1. The van der Waals surface area contributed by atoms with Crippen molar-refractivity contribution in [2.45, 2.75) is 37.7 Å². The van der Waals surface area contributed by atoms with E-state index in [4.69, 9.17) is 0 Å². The summed E-state index contributed by atoms with van der Waals surface area (Å²) in [6.45, 7) is 0.195. The van der Waals surface area contributed by atoms with Crippen molar-refractivity contribution in [3.63, 3.8) is 0 Å². The van der Waals surface area contributed by atoms with E-state index < -0.39 is 16.6 Å². The number of ether oxygens (including phenoxy) is 1. The van der Waals surface area contributed by atoms with E-state index in [2.05, 4.69) is 10.1 Å². The number of amides is 1. The first-order valence-corrected chi connectivity index (χ1v) is 11.1. The molecule has 0 atom stereocenters. The average molecular weight is 438 g/mol. The molecule has 0 aromatic heterocycles. The Balaban J connectivity index is 1.62. The Kier molecular flexibility index (Phi) is 7.04. The van der Waals surface area contributed by atoms with Crippen molar-refractivity contribution in [2.75, 3.05) is 19.6 Å². The molecule has 0 saturated carbocycles. The van der Waals surface area contributed by atoms with Crippen molar-refractivity contribution in [3.8, 4) is 5.75 Å². The van der Waals surface area contributed by atoms with Crippen molar-refractivity contribution in [3.05, 3.63) is 59.2 Å². The van der Waals surface area contributed by atoms with Gasteiger partial charge in [-0.15, -0.1) is 0 Å². The number of carbonyl (C=O) groups is 1. The summed E-state index contributed by atoms with van der Waals surface area (Å²) in [5, 5.41) is 2.78. The van der Waals surface area contributed by atoms with Crippen LogP contribution in [0.1, 0.15) is 34.3 Å². The minimum Gasteiger partial charge on any atom is -0.435 e. The Morgan fingerprint density at radius 3 is 2.43 bits per heavy atom. The summed E-state index contributed by atoms with van der Waals surface area (Å²) in [7, 11) is -3.60. The molecule has 0 bridgehead atoms. The summed E-state index contributed by atoms with van der Waals surface area (Å²) in [6.07, 6.45) is 2.17. The van der Waals surface area contributed by atoms with Gasteiger partial charge in [-0.3, -0.25) is 4.79 Å². The third-order valence-corrected chi connectivity index (χ3v) is 6.90. The minimum atomic E-state index is -3.60. The van der Waals surface area contributed by atoms with Crippen LogP contribution in [0.3, 0.4) is 0 Å². The summed E-state index contributed by atoms with van der Waals surface area (Å²) in [5.41, 5.74) is 1.84. The number of carbonyl (C=O) groups excluding carboxylic acids is 1. The van der Waals surface area contributed by atoms with Gasteiger partial charge < -0.3 is 10.1 Å². The largest absolute Gasteiger partial charge is 0.435 e. The molecule has 1 N–H and O–H groups in total. The van der Waals surface area contributed by atoms with E-state index in [-0.39, 0.29) is 16.6 Å². The summed E-state index contributed by atoms with van der Waals surface area (Å²) in [4.78, 5) is 12.7. The Labute approximate surface area is 174 Å².